The van der Waals surface area contributed by atoms with Gasteiger partial charge in [-0.3, -0.25) is 14.9 Å². The molecule has 0 fully saturated rings. The second-order valence-electron chi connectivity index (χ2n) is 5.27. The van der Waals surface area contributed by atoms with Crippen molar-refractivity contribution < 1.29 is 9.72 Å². The summed E-state index contributed by atoms with van der Waals surface area (Å²) in [6.45, 7) is 0. The number of alkyl halides is 3. The normalized spacial score (nSPS) is 12.7. The topological polar surface area (TPSA) is 85.1 Å². The van der Waals surface area contributed by atoms with Gasteiger partial charge < -0.3 is 5.32 Å². The third kappa shape index (κ3) is 5.03. The number of carbonyl (C=O) groups is 1. The zero-order chi connectivity index (χ0) is 19.6. The molecule has 0 aliphatic carbocycles. The fraction of sp³-hybridized carbons (Fsp3) is 0.125. The molecule has 140 valence electrons. The van der Waals surface area contributed by atoms with Gasteiger partial charge in [-0.05, 0) is 18.2 Å². The zero-order valence-electron chi connectivity index (χ0n) is 13.3. The lowest BCUT2D eigenvalue weighted by Crippen LogP contribution is -2.41. The van der Waals surface area contributed by atoms with Gasteiger partial charge in [0, 0.05) is 17.7 Å². The minimum absolute atomic E-state index is 0.0911. The highest BCUT2D eigenvalue weighted by Gasteiger charge is 2.36. The summed E-state index contributed by atoms with van der Waals surface area (Å²) in [5.74, 6) is -0.594. The van der Waals surface area contributed by atoms with Crippen molar-refractivity contribution in [1.82, 2.24) is 10.3 Å². The van der Waals surface area contributed by atoms with E-state index in [1.807, 2.05) is 24.3 Å². The zero-order valence-corrected chi connectivity index (χ0v) is 17.2. The van der Waals surface area contributed by atoms with Crippen molar-refractivity contribution in [3.05, 3.63) is 64.2 Å². The van der Waals surface area contributed by atoms with Gasteiger partial charge in [0.15, 0.2) is 4.34 Å². The molecule has 11 heteroatoms. The van der Waals surface area contributed by atoms with E-state index in [9.17, 15) is 14.9 Å². The second kappa shape index (κ2) is 8.20. The van der Waals surface area contributed by atoms with Crippen LogP contribution in [0.15, 0.2) is 52.9 Å². The lowest BCUT2D eigenvalue weighted by Gasteiger charge is -2.24. The number of nitrogens with one attached hydrogen (secondary N) is 1. The molecular weight excluding hydrogens is 453 g/mol. The number of thioether (sulfide) groups is 1. The Balaban J connectivity index is 1.82. The number of para-hydroxylation sites is 1. The highest BCUT2D eigenvalue weighted by Crippen LogP contribution is 2.41. The lowest BCUT2D eigenvalue weighted by atomic mass is 10.2. The van der Waals surface area contributed by atoms with Crippen LogP contribution in [-0.2, 0) is 0 Å². The van der Waals surface area contributed by atoms with Crippen LogP contribution in [0.25, 0.3) is 10.2 Å². The van der Waals surface area contributed by atoms with Gasteiger partial charge in [-0.15, -0.1) is 11.3 Å². The average molecular weight is 463 g/mol. The van der Waals surface area contributed by atoms with E-state index in [4.69, 9.17) is 34.8 Å². The summed E-state index contributed by atoms with van der Waals surface area (Å²) >= 11 is 20.6. The molecular formula is C16H10Cl3N3O3S2. The Morgan fingerprint density at radius 1 is 1.22 bits per heavy atom. The number of non-ortho nitro benzene ring substituents is 1. The maximum atomic E-state index is 12.5. The van der Waals surface area contributed by atoms with E-state index in [1.165, 1.54) is 29.5 Å². The van der Waals surface area contributed by atoms with E-state index in [1.54, 1.807) is 0 Å². The Kier molecular flexibility index (Phi) is 6.12. The predicted octanol–water partition coefficient (Wildman–Crippen LogP) is 5.42. The third-order valence-corrected chi connectivity index (χ3v) is 6.78. The van der Waals surface area contributed by atoms with Gasteiger partial charge in [0.1, 0.15) is 5.37 Å². The molecule has 0 aliphatic heterocycles. The van der Waals surface area contributed by atoms with Crippen molar-refractivity contribution in [1.29, 1.82) is 0 Å². The van der Waals surface area contributed by atoms with E-state index in [-0.39, 0.29) is 11.3 Å². The standard InChI is InChI=1S/C16H10Cl3N3O3S2/c17-16(18,19)14(27-15-20-11-6-1-2-7-12(11)26-15)21-13(23)9-4-3-5-10(8-9)22(24)25/h1-8,14H,(H,21,23)/t14-/m0/s1. The van der Waals surface area contributed by atoms with Crippen molar-refractivity contribution in [3.63, 3.8) is 0 Å². The number of hydrogen-bond donors (Lipinski definition) is 1. The molecule has 1 atom stereocenters. The summed E-state index contributed by atoms with van der Waals surface area (Å²) in [6, 6.07) is 12.9. The minimum atomic E-state index is -1.82. The van der Waals surface area contributed by atoms with Crippen LogP contribution in [0.1, 0.15) is 10.4 Å². The summed E-state index contributed by atoms with van der Waals surface area (Å²) in [4.78, 5) is 27.2. The maximum absolute atomic E-state index is 12.5. The van der Waals surface area contributed by atoms with Crippen molar-refractivity contribution in [2.75, 3.05) is 0 Å². The molecule has 0 aliphatic rings. The van der Waals surface area contributed by atoms with Crippen LogP contribution in [0, 0.1) is 10.1 Å². The lowest BCUT2D eigenvalue weighted by molar-refractivity contribution is -0.384. The van der Waals surface area contributed by atoms with E-state index in [0.717, 1.165) is 28.0 Å². The van der Waals surface area contributed by atoms with Gasteiger partial charge in [-0.2, -0.15) is 0 Å². The molecule has 0 unspecified atom stereocenters. The van der Waals surface area contributed by atoms with Crippen molar-refractivity contribution in [2.45, 2.75) is 13.5 Å². The van der Waals surface area contributed by atoms with Crippen LogP contribution < -0.4 is 5.32 Å². The van der Waals surface area contributed by atoms with E-state index in [2.05, 4.69) is 10.3 Å². The smallest absolute Gasteiger partial charge is 0.270 e. The number of benzene rings is 2. The summed E-state index contributed by atoms with van der Waals surface area (Å²) in [5, 5.41) is 12.5. The van der Waals surface area contributed by atoms with Crippen LogP contribution in [0.5, 0.6) is 0 Å². The number of nitro benzene ring substituents is 1. The van der Waals surface area contributed by atoms with Crippen LogP contribution in [0.4, 0.5) is 5.69 Å². The number of aromatic nitrogens is 1. The first-order valence-electron chi connectivity index (χ1n) is 7.38. The summed E-state index contributed by atoms with van der Waals surface area (Å²) < 4.78 is -0.237. The summed E-state index contributed by atoms with van der Waals surface area (Å²) in [6.07, 6.45) is 0. The first kappa shape index (κ1) is 20.2. The van der Waals surface area contributed by atoms with Crippen LogP contribution >= 0.6 is 57.9 Å². The SMILES string of the molecule is O=C(N[C@@H](Sc1nc2ccccc2s1)C(Cl)(Cl)Cl)c1cccc([N+](=O)[O-])c1. The molecule has 27 heavy (non-hydrogen) atoms. The number of halogens is 3. The Hall–Kier alpha value is -1.58. The Morgan fingerprint density at radius 3 is 2.63 bits per heavy atom. The van der Waals surface area contributed by atoms with Crippen molar-refractivity contribution in [2.24, 2.45) is 0 Å². The number of amides is 1. The van der Waals surface area contributed by atoms with Gasteiger partial charge in [0.25, 0.3) is 11.6 Å². The van der Waals surface area contributed by atoms with Gasteiger partial charge in [-0.25, -0.2) is 4.98 Å². The molecule has 6 nitrogen and oxygen atoms in total. The molecule has 3 rings (SSSR count). The average Bonchev–Trinajstić information content (AvgIpc) is 3.03. The fourth-order valence-corrected chi connectivity index (χ4v) is 4.81. The number of hydrogen-bond acceptors (Lipinski definition) is 6. The highest BCUT2D eigenvalue weighted by atomic mass is 35.6. The molecule has 1 aromatic heterocycles. The molecule has 0 saturated heterocycles. The van der Waals surface area contributed by atoms with Gasteiger partial charge in [0.2, 0.25) is 3.79 Å². The molecule has 0 saturated carbocycles. The fourth-order valence-electron chi connectivity index (χ4n) is 2.14. The first-order valence-corrected chi connectivity index (χ1v) is 10.2. The van der Waals surface area contributed by atoms with Crippen LogP contribution in [-0.4, -0.2) is 25.0 Å². The number of carbonyl (C=O) groups excluding carboxylic acids is 1. The molecule has 0 radical (unpaired) electrons. The van der Waals surface area contributed by atoms with Gasteiger partial charge in [0.05, 0.1) is 15.1 Å². The van der Waals surface area contributed by atoms with Crippen LogP contribution in [0.2, 0.25) is 0 Å². The van der Waals surface area contributed by atoms with E-state index < -0.39 is 20.0 Å². The highest BCUT2D eigenvalue weighted by molar-refractivity contribution is 8.02. The van der Waals surface area contributed by atoms with Gasteiger partial charge >= 0.3 is 0 Å². The largest absolute Gasteiger partial charge is 0.336 e. The summed E-state index contributed by atoms with van der Waals surface area (Å²) in [5.41, 5.74) is 0.693. The third-order valence-electron chi connectivity index (χ3n) is 3.37. The second-order valence-corrected chi connectivity index (χ2v) is 10.0. The Bertz CT molecular complexity index is 974. The predicted molar refractivity (Wildman–Crippen MR) is 110 cm³/mol. The monoisotopic (exact) mass is 461 g/mol. The van der Waals surface area contributed by atoms with Gasteiger partial charge in [-0.1, -0.05) is 64.8 Å². The van der Waals surface area contributed by atoms with E-state index in [0.29, 0.717) is 4.34 Å². The van der Waals surface area contributed by atoms with Crippen molar-refractivity contribution >= 4 is 79.7 Å². The van der Waals surface area contributed by atoms with Crippen molar-refractivity contribution in [3.8, 4) is 0 Å². The number of thiazole rings is 1. The summed E-state index contributed by atoms with van der Waals surface area (Å²) in [7, 11) is 0. The Labute approximate surface area is 177 Å². The molecule has 1 N–H and O–H groups in total. The molecule has 0 spiro atoms. The Morgan fingerprint density at radius 2 is 1.96 bits per heavy atom. The molecule has 2 aromatic carbocycles. The molecule has 1 heterocycles. The first-order chi connectivity index (χ1) is 12.7. The van der Waals surface area contributed by atoms with Crippen LogP contribution in [0.3, 0.4) is 0 Å². The molecule has 0 bridgehead atoms. The maximum Gasteiger partial charge on any atom is 0.270 e. The minimum Gasteiger partial charge on any atom is -0.336 e. The van der Waals surface area contributed by atoms with E-state index >= 15 is 0 Å². The number of nitrogens with zero attached hydrogens (tertiary/aromatic N) is 2. The number of rotatable bonds is 5. The molecule has 1 amide bonds. The number of nitro groups is 1. The number of fused-ring (bicyclic) bond motifs is 1. The molecule has 3 aromatic rings. The quantitative estimate of drug-likeness (QED) is 0.180.